The predicted octanol–water partition coefficient (Wildman–Crippen LogP) is 2.48. The van der Waals surface area contributed by atoms with Crippen LogP contribution < -0.4 is 10.2 Å². The normalized spacial score (nSPS) is 10.5. The molecule has 2 rings (SSSR count). The molecule has 0 unspecified atom stereocenters. The monoisotopic (exact) mass is 325 g/mol. The van der Waals surface area contributed by atoms with Crippen molar-refractivity contribution in [3.05, 3.63) is 38.6 Å². The number of ether oxygens (including phenoxy) is 2. The fourth-order valence-electron chi connectivity index (χ4n) is 1.76. The molecule has 0 bridgehead atoms. The maximum Gasteiger partial charge on any atom is 0.343 e. The molecule has 0 spiro atoms. The zero-order valence-electron chi connectivity index (χ0n) is 10.5. The third-order valence-corrected chi connectivity index (χ3v) is 3.46. The number of hydrogen-bond donors (Lipinski definition) is 1. The highest BCUT2D eigenvalue weighted by Gasteiger charge is 2.16. The number of halogens is 1. The van der Waals surface area contributed by atoms with E-state index in [9.17, 15) is 9.59 Å². The summed E-state index contributed by atoms with van der Waals surface area (Å²) in [5.41, 5.74) is 0.208. The van der Waals surface area contributed by atoms with Gasteiger partial charge in [0.1, 0.15) is 11.3 Å². The lowest BCUT2D eigenvalue weighted by Gasteiger charge is -2.07. The van der Waals surface area contributed by atoms with E-state index < -0.39 is 5.97 Å². The van der Waals surface area contributed by atoms with Crippen LogP contribution >= 0.6 is 15.9 Å². The lowest BCUT2D eigenvalue weighted by molar-refractivity contribution is 0.0524. The van der Waals surface area contributed by atoms with Gasteiger partial charge in [0.15, 0.2) is 0 Å². The number of aromatic nitrogens is 1. The van der Waals surface area contributed by atoms with Crippen molar-refractivity contribution in [3.63, 3.8) is 0 Å². The van der Waals surface area contributed by atoms with E-state index in [2.05, 4.69) is 20.9 Å². The molecule has 1 heterocycles. The van der Waals surface area contributed by atoms with Crippen molar-refractivity contribution in [3.8, 4) is 5.75 Å². The van der Waals surface area contributed by atoms with Crippen LogP contribution in [-0.4, -0.2) is 24.7 Å². The Morgan fingerprint density at radius 3 is 2.79 bits per heavy atom. The number of hydrogen-bond acceptors (Lipinski definition) is 4. The standard InChI is InChI=1S/C13H12BrNO4/c1-3-19-13(17)8-6-15-11-7(12(8)16)4-5-9(18-2)10(11)14/h4-6H,3H2,1-2H3,(H,15,16). The highest BCUT2D eigenvalue weighted by atomic mass is 79.9. The fraction of sp³-hybridized carbons (Fsp3) is 0.231. The van der Waals surface area contributed by atoms with Crippen molar-refractivity contribution in [1.29, 1.82) is 0 Å². The Labute approximate surface area is 117 Å². The molecule has 2 aromatic rings. The Morgan fingerprint density at radius 2 is 2.16 bits per heavy atom. The van der Waals surface area contributed by atoms with Crippen LogP contribution in [0.4, 0.5) is 0 Å². The third-order valence-electron chi connectivity index (χ3n) is 2.67. The van der Waals surface area contributed by atoms with E-state index in [1.165, 1.54) is 13.3 Å². The first kappa shape index (κ1) is 13.6. The van der Waals surface area contributed by atoms with Gasteiger partial charge in [-0.2, -0.15) is 0 Å². The first-order valence-corrected chi connectivity index (χ1v) is 6.44. The van der Waals surface area contributed by atoms with Crippen LogP contribution in [0.1, 0.15) is 17.3 Å². The summed E-state index contributed by atoms with van der Waals surface area (Å²) in [5, 5.41) is 0.401. The number of pyridine rings is 1. The maximum atomic E-state index is 12.2. The molecular weight excluding hydrogens is 314 g/mol. The van der Waals surface area contributed by atoms with Crippen molar-refractivity contribution in [2.75, 3.05) is 13.7 Å². The highest BCUT2D eigenvalue weighted by Crippen LogP contribution is 2.30. The molecule has 0 aliphatic heterocycles. The second-order valence-electron chi connectivity index (χ2n) is 3.76. The second-order valence-corrected chi connectivity index (χ2v) is 4.55. The Hall–Kier alpha value is -1.82. The van der Waals surface area contributed by atoms with Crippen molar-refractivity contribution < 1.29 is 14.3 Å². The van der Waals surface area contributed by atoms with Crippen LogP contribution in [0.25, 0.3) is 10.9 Å². The molecule has 0 fully saturated rings. The first-order valence-electron chi connectivity index (χ1n) is 5.65. The topological polar surface area (TPSA) is 68.4 Å². The van der Waals surface area contributed by atoms with E-state index in [0.29, 0.717) is 21.1 Å². The average Bonchev–Trinajstić information content (AvgIpc) is 2.40. The van der Waals surface area contributed by atoms with Gasteiger partial charge in [-0.25, -0.2) is 4.79 Å². The van der Waals surface area contributed by atoms with Crippen LogP contribution in [0.3, 0.4) is 0 Å². The summed E-state index contributed by atoms with van der Waals surface area (Å²) in [4.78, 5) is 26.8. The smallest absolute Gasteiger partial charge is 0.343 e. The molecule has 0 amide bonds. The van der Waals surface area contributed by atoms with Gasteiger partial charge in [-0.15, -0.1) is 0 Å². The molecule has 0 saturated carbocycles. The largest absolute Gasteiger partial charge is 0.495 e. The van der Waals surface area contributed by atoms with Gasteiger partial charge in [0, 0.05) is 11.6 Å². The van der Waals surface area contributed by atoms with Crippen LogP contribution in [-0.2, 0) is 4.74 Å². The summed E-state index contributed by atoms with van der Waals surface area (Å²) >= 11 is 3.36. The van der Waals surface area contributed by atoms with E-state index in [-0.39, 0.29) is 17.6 Å². The molecule has 0 atom stereocenters. The minimum atomic E-state index is -0.627. The minimum Gasteiger partial charge on any atom is -0.495 e. The van der Waals surface area contributed by atoms with Crippen molar-refractivity contribution in [2.24, 2.45) is 0 Å². The average molecular weight is 326 g/mol. The Kier molecular flexibility index (Phi) is 3.90. The summed E-state index contributed by atoms with van der Waals surface area (Å²) in [6.07, 6.45) is 1.35. The number of methoxy groups -OCH3 is 1. The van der Waals surface area contributed by atoms with Crippen LogP contribution in [0.15, 0.2) is 27.6 Å². The van der Waals surface area contributed by atoms with Gasteiger partial charge in [-0.3, -0.25) is 4.79 Å². The van der Waals surface area contributed by atoms with E-state index in [0.717, 1.165) is 0 Å². The zero-order chi connectivity index (χ0) is 14.0. The molecule has 5 nitrogen and oxygen atoms in total. The summed E-state index contributed by atoms with van der Waals surface area (Å²) in [6.45, 7) is 1.91. The summed E-state index contributed by atoms with van der Waals surface area (Å²) in [5.74, 6) is -0.0235. The van der Waals surface area contributed by atoms with Gasteiger partial charge in [-0.1, -0.05) is 0 Å². The minimum absolute atomic E-state index is 0.00795. The quantitative estimate of drug-likeness (QED) is 0.880. The summed E-state index contributed by atoms with van der Waals surface area (Å²) in [7, 11) is 1.54. The molecule has 1 aromatic carbocycles. The van der Waals surface area contributed by atoms with E-state index in [4.69, 9.17) is 9.47 Å². The summed E-state index contributed by atoms with van der Waals surface area (Å²) in [6, 6.07) is 3.27. The van der Waals surface area contributed by atoms with E-state index in [1.54, 1.807) is 19.1 Å². The number of carbonyl (C=O) groups excluding carboxylic acids is 1. The number of benzene rings is 1. The van der Waals surface area contributed by atoms with Crippen LogP contribution in [0.2, 0.25) is 0 Å². The second kappa shape index (κ2) is 5.44. The molecule has 19 heavy (non-hydrogen) atoms. The van der Waals surface area contributed by atoms with Gasteiger partial charge < -0.3 is 14.5 Å². The van der Waals surface area contributed by atoms with Gasteiger partial charge in [0.25, 0.3) is 0 Å². The fourth-order valence-corrected chi connectivity index (χ4v) is 2.38. The molecule has 6 heteroatoms. The number of aromatic amines is 1. The number of rotatable bonds is 3. The lowest BCUT2D eigenvalue weighted by atomic mass is 10.1. The van der Waals surface area contributed by atoms with Crippen LogP contribution in [0, 0.1) is 0 Å². The van der Waals surface area contributed by atoms with Crippen molar-refractivity contribution in [2.45, 2.75) is 6.92 Å². The van der Waals surface area contributed by atoms with E-state index >= 15 is 0 Å². The van der Waals surface area contributed by atoms with Crippen molar-refractivity contribution in [1.82, 2.24) is 4.98 Å². The molecule has 0 aliphatic rings. The Balaban J connectivity index is 2.67. The lowest BCUT2D eigenvalue weighted by Crippen LogP contribution is -2.18. The number of H-pyrrole nitrogens is 1. The molecule has 0 aliphatic carbocycles. The number of fused-ring (bicyclic) bond motifs is 1. The van der Waals surface area contributed by atoms with Gasteiger partial charge in [-0.05, 0) is 35.0 Å². The predicted molar refractivity (Wildman–Crippen MR) is 74.8 cm³/mol. The highest BCUT2D eigenvalue weighted by molar-refractivity contribution is 9.10. The zero-order valence-corrected chi connectivity index (χ0v) is 12.0. The summed E-state index contributed by atoms with van der Waals surface area (Å²) < 4.78 is 10.6. The number of nitrogens with one attached hydrogen (secondary N) is 1. The van der Waals surface area contributed by atoms with Crippen molar-refractivity contribution >= 4 is 32.8 Å². The van der Waals surface area contributed by atoms with Gasteiger partial charge >= 0.3 is 5.97 Å². The molecule has 100 valence electrons. The third kappa shape index (κ3) is 2.35. The molecule has 0 saturated heterocycles. The first-order chi connectivity index (χ1) is 9.10. The molecular formula is C13H12BrNO4. The van der Waals surface area contributed by atoms with Crippen LogP contribution in [0.5, 0.6) is 5.75 Å². The number of carbonyl (C=O) groups is 1. The molecule has 1 N–H and O–H groups in total. The Morgan fingerprint density at radius 1 is 1.42 bits per heavy atom. The SMILES string of the molecule is CCOC(=O)c1c[nH]c2c(Br)c(OC)ccc2c1=O. The van der Waals surface area contributed by atoms with Gasteiger partial charge in [0.05, 0.1) is 23.7 Å². The number of esters is 1. The van der Waals surface area contributed by atoms with E-state index in [1.807, 2.05) is 0 Å². The maximum absolute atomic E-state index is 12.2. The molecule has 1 aromatic heterocycles. The molecule has 0 radical (unpaired) electrons. The van der Waals surface area contributed by atoms with Gasteiger partial charge in [0.2, 0.25) is 5.43 Å². The Bertz CT molecular complexity index is 693.